The molecule has 0 amide bonds. The smallest absolute Gasteiger partial charge is 0.140 e. The highest BCUT2D eigenvalue weighted by atomic mass is 32.2. The number of thiazole rings is 1. The molecule has 0 N–H and O–H groups in total. The summed E-state index contributed by atoms with van der Waals surface area (Å²) in [7, 11) is 0. The number of nitrogens with zero attached hydrogens (tertiary/aromatic N) is 3. The monoisotopic (exact) mass is 345 g/mol. The maximum atomic E-state index is 5.77. The fourth-order valence-corrected chi connectivity index (χ4v) is 3.68. The van der Waals surface area contributed by atoms with E-state index in [4.69, 9.17) is 4.74 Å². The van der Waals surface area contributed by atoms with Crippen molar-refractivity contribution in [1.29, 1.82) is 0 Å². The fraction of sp³-hybridized carbons (Fsp3) is 0.294. The van der Waals surface area contributed by atoms with Crippen LogP contribution in [0.2, 0.25) is 0 Å². The first-order chi connectivity index (χ1) is 11.3. The van der Waals surface area contributed by atoms with Crippen LogP contribution >= 0.6 is 23.1 Å². The summed E-state index contributed by atoms with van der Waals surface area (Å²) in [6.45, 7) is 3.59. The second kappa shape index (κ2) is 8.17. The van der Waals surface area contributed by atoms with Gasteiger partial charge in [0.15, 0.2) is 0 Å². The van der Waals surface area contributed by atoms with Crippen molar-refractivity contribution in [2.75, 3.05) is 5.75 Å². The predicted molar refractivity (Wildman–Crippen MR) is 96.0 cm³/mol. The van der Waals surface area contributed by atoms with E-state index < -0.39 is 0 Å². The van der Waals surface area contributed by atoms with Crippen LogP contribution < -0.4 is 4.74 Å². The molecule has 0 aliphatic rings. The third-order valence-electron chi connectivity index (χ3n) is 3.29. The van der Waals surface area contributed by atoms with Crippen molar-refractivity contribution in [3.8, 4) is 5.75 Å². The normalized spacial score (nSPS) is 10.8. The molecule has 1 aromatic carbocycles. The van der Waals surface area contributed by atoms with Gasteiger partial charge in [0, 0.05) is 35.8 Å². The number of aromatic nitrogens is 3. The fourth-order valence-electron chi connectivity index (χ4n) is 2.03. The summed E-state index contributed by atoms with van der Waals surface area (Å²) < 4.78 is 7.86. The van der Waals surface area contributed by atoms with Gasteiger partial charge in [0.05, 0.1) is 12.0 Å². The topological polar surface area (TPSA) is 39.9 Å². The minimum Gasteiger partial charge on any atom is -0.486 e. The Balaban J connectivity index is 1.40. The Kier molecular flexibility index (Phi) is 5.71. The molecular formula is C17H19N3OS2. The van der Waals surface area contributed by atoms with E-state index in [2.05, 4.69) is 39.0 Å². The van der Waals surface area contributed by atoms with Gasteiger partial charge in [-0.25, -0.2) is 9.97 Å². The minimum atomic E-state index is 0.535. The quantitative estimate of drug-likeness (QED) is 0.575. The summed E-state index contributed by atoms with van der Waals surface area (Å²) in [4.78, 5) is 8.67. The second-order valence-corrected chi connectivity index (χ2v) is 7.24. The number of hydrogen-bond donors (Lipinski definition) is 0. The molecule has 23 heavy (non-hydrogen) atoms. The molecule has 0 saturated heterocycles. The Labute approximate surface area is 144 Å². The Bertz CT molecular complexity index is 708. The zero-order chi connectivity index (χ0) is 15.9. The molecule has 3 rings (SSSR count). The van der Waals surface area contributed by atoms with E-state index in [1.54, 1.807) is 11.3 Å². The van der Waals surface area contributed by atoms with Crippen LogP contribution in [0.4, 0.5) is 0 Å². The van der Waals surface area contributed by atoms with Crippen LogP contribution in [0.3, 0.4) is 0 Å². The zero-order valence-corrected chi connectivity index (χ0v) is 14.6. The molecule has 0 fully saturated rings. The Morgan fingerprint density at radius 2 is 2.13 bits per heavy atom. The molecule has 0 bridgehead atoms. The third kappa shape index (κ3) is 5.11. The molecular weight excluding hydrogens is 326 g/mol. The van der Waals surface area contributed by atoms with Gasteiger partial charge in [-0.2, -0.15) is 11.8 Å². The Morgan fingerprint density at radius 3 is 2.91 bits per heavy atom. The van der Waals surface area contributed by atoms with Crippen LogP contribution in [0.1, 0.15) is 16.3 Å². The summed E-state index contributed by atoms with van der Waals surface area (Å²) in [6.07, 6.45) is 5.65. The summed E-state index contributed by atoms with van der Waals surface area (Å²) in [5.74, 6) is 2.89. The molecule has 0 radical (unpaired) electrons. The second-order valence-electron chi connectivity index (χ2n) is 5.19. The molecule has 2 heterocycles. The number of hydrogen-bond acceptors (Lipinski definition) is 5. The van der Waals surface area contributed by atoms with Gasteiger partial charge in [-0.3, -0.25) is 0 Å². The first-order valence-corrected chi connectivity index (χ1v) is 9.49. The number of thioether (sulfide) groups is 1. The van der Waals surface area contributed by atoms with Crippen molar-refractivity contribution in [2.24, 2.45) is 0 Å². The van der Waals surface area contributed by atoms with Gasteiger partial charge in [0.1, 0.15) is 17.4 Å². The maximum Gasteiger partial charge on any atom is 0.140 e. The van der Waals surface area contributed by atoms with Gasteiger partial charge in [-0.05, 0) is 19.1 Å². The molecule has 2 aromatic heterocycles. The number of rotatable bonds is 8. The van der Waals surface area contributed by atoms with Crippen LogP contribution in [-0.2, 0) is 18.9 Å². The lowest BCUT2D eigenvalue weighted by molar-refractivity contribution is 0.305. The average Bonchev–Trinajstić information content (AvgIpc) is 3.23. The summed E-state index contributed by atoms with van der Waals surface area (Å²) in [6, 6.07) is 8.10. The van der Waals surface area contributed by atoms with Crippen LogP contribution in [-0.4, -0.2) is 20.3 Å². The van der Waals surface area contributed by atoms with Crippen molar-refractivity contribution in [3.63, 3.8) is 0 Å². The summed E-state index contributed by atoms with van der Waals surface area (Å²) >= 11 is 3.55. The maximum absolute atomic E-state index is 5.77. The summed E-state index contributed by atoms with van der Waals surface area (Å²) in [5, 5.41) is 3.15. The number of imidazole rings is 1. The van der Waals surface area contributed by atoms with Crippen molar-refractivity contribution in [1.82, 2.24) is 14.5 Å². The van der Waals surface area contributed by atoms with Crippen LogP contribution in [0.25, 0.3) is 0 Å². The highest BCUT2D eigenvalue weighted by Gasteiger charge is 2.04. The van der Waals surface area contributed by atoms with Crippen LogP contribution in [0.5, 0.6) is 5.75 Å². The highest BCUT2D eigenvalue weighted by molar-refractivity contribution is 7.98. The first-order valence-electron chi connectivity index (χ1n) is 7.46. The number of aryl methyl sites for hydroxylation is 2. The number of ether oxygens (including phenoxy) is 1. The van der Waals surface area contributed by atoms with E-state index in [9.17, 15) is 0 Å². The van der Waals surface area contributed by atoms with Crippen molar-refractivity contribution in [2.45, 2.75) is 25.8 Å². The molecule has 6 heteroatoms. The molecule has 0 spiro atoms. The lowest BCUT2D eigenvalue weighted by Crippen LogP contribution is -1.98. The molecule has 0 aliphatic heterocycles. The van der Waals surface area contributed by atoms with Gasteiger partial charge >= 0.3 is 0 Å². The average molecular weight is 345 g/mol. The van der Waals surface area contributed by atoms with E-state index in [1.165, 1.54) is 5.56 Å². The minimum absolute atomic E-state index is 0.535. The van der Waals surface area contributed by atoms with E-state index >= 15 is 0 Å². The Morgan fingerprint density at radius 1 is 1.26 bits per heavy atom. The predicted octanol–water partition coefficient (Wildman–Crippen LogP) is 4.16. The van der Waals surface area contributed by atoms with Crippen LogP contribution in [0.15, 0.2) is 48.4 Å². The zero-order valence-electron chi connectivity index (χ0n) is 13.0. The molecule has 3 aromatic rings. The van der Waals surface area contributed by atoms with E-state index in [-0.39, 0.29) is 0 Å². The van der Waals surface area contributed by atoms with E-state index in [0.717, 1.165) is 34.5 Å². The molecule has 0 atom stereocenters. The first kappa shape index (κ1) is 16.1. The highest BCUT2D eigenvalue weighted by Crippen LogP contribution is 2.19. The molecule has 4 nitrogen and oxygen atoms in total. The lowest BCUT2D eigenvalue weighted by Gasteiger charge is -2.04. The lowest BCUT2D eigenvalue weighted by atomic mass is 10.2. The third-order valence-corrected chi connectivity index (χ3v) is 5.13. The molecule has 120 valence electrons. The summed E-state index contributed by atoms with van der Waals surface area (Å²) in [5.41, 5.74) is 2.37. The van der Waals surface area contributed by atoms with Gasteiger partial charge in [0.2, 0.25) is 0 Å². The van der Waals surface area contributed by atoms with E-state index in [1.807, 2.05) is 42.6 Å². The number of benzene rings is 1. The SMILES string of the molecule is Cc1ccc(OCc2nc(CSCCn3ccnc3)cs2)cc1. The van der Waals surface area contributed by atoms with Crippen molar-refractivity contribution >= 4 is 23.1 Å². The standard InChI is InChI=1S/C17H19N3OS2/c1-14-2-4-16(5-3-14)21-10-17-19-15(12-23-17)11-22-9-8-20-7-6-18-13-20/h2-7,12-13H,8-11H2,1H3. The largest absolute Gasteiger partial charge is 0.486 e. The molecule has 0 saturated carbocycles. The van der Waals surface area contributed by atoms with Crippen LogP contribution in [0, 0.1) is 6.92 Å². The van der Waals surface area contributed by atoms with Gasteiger partial charge in [-0.15, -0.1) is 11.3 Å². The van der Waals surface area contributed by atoms with Gasteiger partial charge < -0.3 is 9.30 Å². The Hall–Kier alpha value is -1.79. The molecule has 0 aliphatic carbocycles. The van der Waals surface area contributed by atoms with Crippen molar-refractivity contribution < 1.29 is 4.74 Å². The van der Waals surface area contributed by atoms with Gasteiger partial charge in [0.25, 0.3) is 0 Å². The van der Waals surface area contributed by atoms with Crippen molar-refractivity contribution in [3.05, 3.63) is 64.6 Å². The van der Waals surface area contributed by atoms with Gasteiger partial charge in [-0.1, -0.05) is 17.7 Å². The molecule has 0 unspecified atom stereocenters. The van der Waals surface area contributed by atoms with E-state index in [0.29, 0.717) is 6.61 Å².